The van der Waals surface area contributed by atoms with Crippen molar-refractivity contribution in [2.45, 2.75) is 0 Å². The molecule has 0 saturated carbocycles. The molecule has 0 bridgehead atoms. The summed E-state index contributed by atoms with van der Waals surface area (Å²) in [6.45, 7) is 0. The van der Waals surface area contributed by atoms with Gasteiger partial charge in [0, 0.05) is 17.7 Å². The van der Waals surface area contributed by atoms with E-state index in [9.17, 15) is 20.2 Å². The molecule has 154 valence electrons. The van der Waals surface area contributed by atoms with Gasteiger partial charge in [0.15, 0.2) is 0 Å². The zero-order valence-electron chi connectivity index (χ0n) is 16.3. The van der Waals surface area contributed by atoms with Gasteiger partial charge in [0.05, 0.1) is 18.2 Å². The first-order valence-electron chi connectivity index (χ1n) is 8.94. The van der Waals surface area contributed by atoms with Crippen molar-refractivity contribution >= 4 is 17.8 Å². The highest BCUT2D eigenvalue weighted by Gasteiger charge is 2.12. The van der Waals surface area contributed by atoms with Gasteiger partial charge in [0.1, 0.15) is 28.9 Å². The summed E-state index contributed by atoms with van der Waals surface area (Å²) in [5.41, 5.74) is 3.34. The molecule has 0 aromatic heterocycles. The monoisotopic (exact) mass is 416 g/mol. The Hall–Kier alpha value is -4.71. The summed E-state index contributed by atoms with van der Waals surface area (Å²) in [6.07, 6.45) is 1.44. The van der Waals surface area contributed by atoms with Gasteiger partial charge in [0.25, 0.3) is 11.6 Å². The van der Waals surface area contributed by atoms with E-state index in [-0.39, 0.29) is 22.9 Å². The van der Waals surface area contributed by atoms with Gasteiger partial charge in [-0.3, -0.25) is 14.9 Å². The molecular weight excluding hydrogens is 400 g/mol. The molecule has 0 radical (unpaired) electrons. The smallest absolute Gasteiger partial charge is 0.271 e. The topological polar surface area (TPSA) is 127 Å². The van der Waals surface area contributed by atoms with E-state index in [0.29, 0.717) is 22.6 Å². The Bertz CT molecular complexity index is 1180. The first-order chi connectivity index (χ1) is 15.0. The van der Waals surface area contributed by atoms with Crippen LogP contribution in [0.4, 0.5) is 5.69 Å². The number of ether oxygens (including phenoxy) is 2. The minimum absolute atomic E-state index is 0.0417. The number of non-ortho nitro benzene ring substituents is 1. The molecule has 3 rings (SSSR count). The standard InChI is InChI=1S/C22H16N4O5/c1-30-19-8-5-16(6-9-19)22(27)25-24-14-15-3-2-4-20(11-15)31-21-10-7-18(26(28)29)12-17(21)13-23/h2-12,14H,1H3,(H,25,27)/b24-14-. The highest BCUT2D eigenvalue weighted by Crippen LogP contribution is 2.28. The average Bonchev–Trinajstić information content (AvgIpc) is 2.79. The molecule has 1 amide bonds. The number of benzene rings is 3. The number of nitro groups is 1. The van der Waals surface area contributed by atoms with E-state index >= 15 is 0 Å². The molecular formula is C22H16N4O5. The number of amides is 1. The van der Waals surface area contributed by atoms with Crippen LogP contribution in [0.5, 0.6) is 17.2 Å². The Kier molecular flexibility index (Phi) is 6.55. The maximum Gasteiger partial charge on any atom is 0.271 e. The highest BCUT2D eigenvalue weighted by atomic mass is 16.6. The van der Waals surface area contributed by atoms with Crippen LogP contribution in [0.3, 0.4) is 0 Å². The quantitative estimate of drug-likeness (QED) is 0.352. The van der Waals surface area contributed by atoms with Crippen molar-refractivity contribution in [2.75, 3.05) is 7.11 Å². The SMILES string of the molecule is COc1ccc(C(=O)N/N=C\c2cccc(Oc3ccc([N+](=O)[O-])cc3C#N)c2)cc1. The van der Waals surface area contributed by atoms with Gasteiger partial charge in [-0.25, -0.2) is 5.43 Å². The molecule has 0 saturated heterocycles. The third kappa shape index (κ3) is 5.42. The fraction of sp³-hybridized carbons (Fsp3) is 0.0455. The molecule has 31 heavy (non-hydrogen) atoms. The minimum atomic E-state index is -0.581. The summed E-state index contributed by atoms with van der Waals surface area (Å²) in [6, 6.07) is 19.0. The summed E-state index contributed by atoms with van der Waals surface area (Å²) in [5, 5.41) is 24.0. The maximum absolute atomic E-state index is 12.1. The number of methoxy groups -OCH3 is 1. The number of hydrogen-bond acceptors (Lipinski definition) is 7. The lowest BCUT2D eigenvalue weighted by Gasteiger charge is -2.08. The molecule has 0 unspecified atom stereocenters. The van der Waals surface area contributed by atoms with Gasteiger partial charge in [0.2, 0.25) is 0 Å². The molecule has 0 atom stereocenters. The Labute approximate surface area is 177 Å². The van der Waals surface area contributed by atoms with Gasteiger partial charge in [-0.1, -0.05) is 12.1 Å². The van der Waals surface area contributed by atoms with Crippen LogP contribution in [0.2, 0.25) is 0 Å². The molecule has 0 aliphatic carbocycles. The summed E-state index contributed by atoms with van der Waals surface area (Å²) in [5.74, 6) is 0.853. The minimum Gasteiger partial charge on any atom is -0.497 e. The lowest BCUT2D eigenvalue weighted by atomic mass is 10.2. The average molecular weight is 416 g/mol. The first-order valence-corrected chi connectivity index (χ1v) is 8.94. The van der Waals surface area contributed by atoms with Crippen molar-refractivity contribution in [3.63, 3.8) is 0 Å². The second-order valence-corrected chi connectivity index (χ2v) is 6.15. The highest BCUT2D eigenvalue weighted by molar-refractivity contribution is 5.95. The van der Waals surface area contributed by atoms with Crippen LogP contribution >= 0.6 is 0 Å². The van der Waals surface area contributed by atoms with E-state index in [4.69, 9.17) is 9.47 Å². The van der Waals surface area contributed by atoms with Gasteiger partial charge in [-0.15, -0.1) is 0 Å². The lowest BCUT2D eigenvalue weighted by Crippen LogP contribution is -2.17. The summed E-state index contributed by atoms with van der Waals surface area (Å²) < 4.78 is 10.7. The van der Waals surface area contributed by atoms with Crippen molar-refractivity contribution in [2.24, 2.45) is 5.10 Å². The second-order valence-electron chi connectivity index (χ2n) is 6.15. The van der Waals surface area contributed by atoms with Crippen molar-refractivity contribution in [3.05, 3.63) is 93.5 Å². The fourth-order valence-electron chi connectivity index (χ4n) is 2.57. The third-order valence-electron chi connectivity index (χ3n) is 4.11. The van der Waals surface area contributed by atoms with Crippen LogP contribution in [0.15, 0.2) is 71.8 Å². The molecule has 3 aromatic rings. The molecule has 0 spiro atoms. The van der Waals surface area contributed by atoms with Crippen LogP contribution in [0.1, 0.15) is 21.5 Å². The Morgan fingerprint density at radius 1 is 1.13 bits per heavy atom. The Morgan fingerprint density at radius 2 is 1.90 bits per heavy atom. The predicted molar refractivity (Wildman–Crippen MR) is 112 cm³/mol. The summed E-state index contributed by atoms with van der Waals surface area (Å²) in [7, 11) is 1.54. The molecule has 9 heteroatoms. The lowest BCUT2D eigenvalue weighted by molar-refractivity contribution is -0.384. The Balaban J connectivity index is 1.68. The molecule has 0 aliphatic rings. The number of nitrogens with zero attached hydrogens (tertiary/aromatic N) is 3. The number of hydrogen-bond donors (Lipinski definition) is 1. The van der Waals surface area contributed by atoms with Gasteiger partial charge in [-0.05, 0) is 48.0 Å². The van der Waals surface area contributed by atoms with Gasteiger partial charge >= 0.3 is 0 Å². The van der Waals surface area contributed by atoms with Crippen LogP contribution < -0.4 is 14.9 Å². The molecule has 9 nitrogen and oxygen atoms in total. The number of rotatable bonds is 7. The number of carbonyl (C=O) groups excluding carboxylic acids is 1. The Morgan fingerprint density at radius 3 is 2.58 bits per heavy atom. The zero-order chi connectivity index (χ0) is 22.2. The second kappa shape index (κ2) is 9.67. The molecule has 0 heterocycles. The number of nitrogens with one attached hydrogen (secondary N) is 1. The first kappa shape index (κ1) is 21.0. The number of nitriles is 1. The number of carbonyl (C=O) groups is 1. The molecule has 1 N–H and O–H groups in total. The summed E-state index contributed by atoms with van der Waals surface area (Å²) in [4.78, 5) is 22.4. The van der Waals surface area contributed by atoms with Crippen molar-refractivity contribution in [1.29, 1.82) is 5.26 Å². The van der Waals surface area contributed by atoms with E-state index in [0.717, 1.165) is 6.07 Å². The van der Waals surface area contributed by atoms with E-state index < -0.39 is 4.92 Å². The molecule has 0 fully saturated rings. The molecule has 3 aromatic carbocycles. The van der Waals surface area contributed by atoms with Crippen molar-refractivity contribution in [3.8, 4) is 23.3 Å². The normalized spacial score (nSPS) is 10.3. The van der Waals surface area contributed by atoms with Crippen molar-refractivity contribution in [1.82, 2.24) is 5.43 Å². The molecule has 0 aliphatic heterocycles. The fourth-order valence-corrected chi connectivity index (χ4v) is 2.57. The maximum atomic E-state index is 12.1. The van der Waals surface area contributed by atoms with Crippen LogP contribution in [-0.2, 0) is 0 Å². The predicted octanol–water partition coefficient (Wildman–Crippen LogP) is 4.03. The largest absolute Gasteiger partial charge is 0.497 e. The van der Waals surface area contributed by atoms with E-state index in [1.807, 2.05) is 6.07 Å². The van der Waals surface area contributed by atoms with E-state index in [1.54, 1.807) is 55.6 Å². The zero-order valence-corrected chi connectivity index (χ0v) is 16.3. The third-order valence-corrected chi connectivity index (χ3v) is 4.11. The van der Waals surface area contributed by atoms with Crippen LogP contribution in [0, 0.1) is 21.4 Å². The van der Waals surface area contributed by atoms with E-state index in [1.165, 1.54) is 18.3 Å². The van der Waals surface area contributed by atoms with Crippen LogP contribution in [-0.4, -0.2) is 24.2 Å². The van der Waals surface area contributed by atoms with E-state index in [2.05, 4.69) is 10.5 Å². The van der Waals surface area contributed by atoms with Gasteiger partial charge < -0.3 is 9.47 Å². The number of hydrazone groups is 1. The van der Waals surface area contributed by atoms with Crippen LogP contribution in [0.25, 0.3) is 0 Å². The van der Waals surface area contributed by atoms with Gasteiger partial charge in [-0.2, -0.15) is 10.4 Å². The number of nitro benzene ring substituents is 1. The summed E-state index contributed by atoms with van der Waals surface area (Å²) >= 11 is 0. The van der Waals surface area contributed by atoms with Crippen molar-refractivity contribution < 1.29 is 19.2 Å².